The van der Waals surface area contributed by atoms with Gasteiger partial charge in [0.2, 0.25) is 5.91 Å². The van der Waals surface area contributed by atoms with E-state index in [0.717, 1.165) is 47.8 Å². The van der Waals surface area contributed by atoms with Crippen LogP contribution in [0.4, 0.5) is 10.5 Å². The van der Waals surface area contributed by atoms with E-state index in [1.54, 1.807) is 24.3 Å². The first-order chi connectivity index (χ1) is 17.2. The molecule has 0 bridgehead atoms. The summed E-state index contributed by atoms with van der Waals surface area (Å²) >= 11 is 0. The molecule has 36 heavy (non-hydrogen) atoms. The van der Waals surface area contributed by atoms with Crippen LogP contribution in [0.3, 0.4) is 0 Å². The largest absolute Gasteiger partial charge is 0.342 e. The van der Waals surface area contributed by atoms with Crippen LogP contribution in [0.2, 0.25) is 0 Å². The van der Waals surface area contributed by atoms with Crippen LogP contribution in [-0.4, -0.2) is 62.6 Å². The van der Waals surface area contributed by atoms with Crippen LogP contribution in [0, 0.1) is 5.41 Å². The molecule has 3 aromatic carbocycles. The first-order valence-corrected chi connectivity index (χ1v) is 14.2. The normalized spacial score (nSPS) is 17.5. The van der Waals surface area contributed by atoms with E-state index in [1.165, 1.54) is 6.26 Å². The van der Waals surface area contributed by atoms with Crippen molar-refractivity contribution in [2.75, 3.05) is 37.8 Å². The van der Waals surface area contributed by atoms with Gasteiger partial charge in [0.05, 0.1) is 17.0 Å². The SMILES string of the molecule is CS(=O)(=O)c1ccc(CC(=O)N2CCC3(CCN(C(=O)Nc4cccc5ccccc45)CC3)C2)cc1. The monoisotopic (exact) mass is 505 g/mol. The van der Waals surface area contributed by atoms with Crippen LogP contribution < -0.4 is 5.32 Å². The maximum absolute atomic E-state index is 13.0. The Labute approximate surface area is 212 Å². The van der Waals surface area contributed by atoms with Crippen molar-refractivity contribution in [1.82, 2.24) is 9.80 Å². The van der Waals surface area contributed by atoms with Crippen molar-refractivity contribution in [1.29, 1.82) is 0 Å². The van der Waals surface area contributed by atoms with Gasteiger partial charge < -0.3 is 15.1 Å². The molecule has 7 nitrogen and oxygen atoms in total. The molecule has 0 unspecified atom stereocenters. The second-order valence-electron chi connectivity index (χ2n) is 10.1. The van der Waals surface area contributed by atoms with Crippen LogP contribution in [0.5, 0.6) is 0 Å². The van der Waals surface area contributed by atoms with Crippen LogP contribution in [-0.2, 0) is 21.1 Å². The van der Waals surface area contributed by atoms with Crippen molar-refractivity contribution in [2.24, 2.45) is 5.41 Å². The van der Waals surface area contributed by atoms with E-state index in [-0.39, 0.29) is 28.7 Å². The van der Waals surface area contributed by atoms with Crippen molar-refractivity contribution >= 4 is 38.2 Å². The van der Waals surface area contributed by atoms with E-state index >= 15 is 0 Å². The molecule has 3 amide bonds. The topological polar surface area (TPSA) is 86.8 Å². The lowest BCUT2D eigenvalue weighted by Crippen LogP contribution is -2.46. The Morgan fingerprint density at radius 2 is 1.50 bits per heavy atom. The van der Waals surface area contributed by atoms with Crippen LogP contribution in [0.1, 0.15) is 24.8 Å². The number of hydrogen-bond donors (Lipinski definition) is 1. The number of carbonyl (C=O) groups excluding carboxylic acids is 2. The summed E-state index contributed by atoms with van der Waals surface area (Å²) in [6.07, 6.45) is 4.14. The molecule has 0 saturated carbocycles. The molecule has 2 fully saturated rings. The van der Waals surface area contributed by atoms with Gasteiger partial charge in [-0.25, -0.2) is 13.2 Å². The Bertz CT molecular complexity index is 1390. The van der Waals surface area contributed by atoms with Crippen LogP contribution in [0.15, 0.2) is 71.6 Å². The van der Waals surface area contributed by atoms with E-state index in [2.05, 4.69) is 5.32 Å². The number of piperidine rings is 1. The van der Waals surface area contributed by atoms with Crippen molar-refractivity contribution in [3.05, 3.63) is 72.3 Å². The first-order valence-electron chi connectivity index (χ1n) is 12.3. The number of sulfone groups is 1. The van der Waals surface area contributed by atoms with Crippen LogP contribution >= 0.6 is 0 Å². The molecule has 2 aliphatic rings. The molecule has 5 rings (SSSR count). The Morgan fingerprint density at radius 3 is 2.19 bits per heavy atom. The van der Waals surface area contributed by atoms with Gasteiger partial charge in [0.15, 0.2) is 9.84 Å². The number of nitrogens with one attached hydrogen (secondary N) is 1. The second kappa shape index (κ2) is 9.58. The number of fused-ring (bicyclic) bond motifs is 1. The molecule has 3 aromatic rings. The van der Waals surface area contributed by atoms with E-state index in [9.17, 15) is 18.0 Å². The number of benzene rings is 3. The zero-order valence-electron chi connectivity index (χ0n) is 20.4. The minimum atomic E-state index is -3.25. The molecule has 1 spiro atoms. The number of nitrogens with zero attached hydrogens (tertiary/aromatic N) is 2. The highest BCUT2D eigenvalue weighted by atomic mass is 32.2. The van der Waals surface area contributed by atoms with Gasteiger partial charge in [0, 0.05) is 37.8 Å². The van der Waals surface area contributed by atoms with Crippen molar-refractivity contribution in [3.8, 4) is 0 Å². The fourth-order valence-corrected chi connectivity index (χ4v) is 6.04. The maximum Gasteiger partial charge on any atom is 0.321 e. The lowest BCUT2D eigenvalue weighted by atomic mass is 9.78. The molecule has 0 radical (unpaired) electrons. The molecule has 2 aliphatic heterocycles. The number of carbonyl (C=O) groups is 2. The Hall–Kier alpha value is -3.39. The predicted octanol–water partition coefficient (Wildman–Crippen LogP) is 4.33. The average Bonchev–Trinajstić information content (AvgIpc) is 3.28. The van der Waals surface area contributed by atoms with Gasteiger partial charge in [-0.05, 0) is 53.8 Å². The first kappa shape index (κ1) is 24.3. The average molecular weight is 506 g/mol. The predicted molar refractivity (Wildman–Crippen MR) is 141 cm³/mol. The number of rotatable bonds is 4. The van der Waals surface area contributed by atoms with Gasteiger partial charge in [0.25, 0.3) is 0 Å². The molecule has 0 aliphatic carbocycles. The van der Waals surface area contributed by atoms with Gasteiger partial charge in [-0.15, -0.1) is 0 Å². The second-order valence-corrected chi connectivity index (χ2v) is 12.1. The Balaban J connectivity index is 1.15. The highest BCUT2D eigenvalue weighted by Gasteiger charge is 2.42. The molecule has 0 atom stereocenters. The van der Waals surface area contributed by atoms with E-state index in [0.29, 0.717) is 19.6 Å². The van der Waals surface area contributed by atoms with Gasteiger partial charge in [-0.3, -0.25) is 4.79 Å². The Morgan fingerprint density at radius 1 is 0.861 bits per heavy atom. The lowest BCUT2D eigenvalue weighted by Gasteiger charge is -2.39. The number of anilines is 1. The summed E-state index contributed by atoms with van der Waals surface area (Å²) in [7, 11) is -3.25. The summed E-state index contributed by atoms with van der Waals surface area (Å²) in [4.78, 5) is 30.0. The summed E-state index contributed by atoms with van der Waals surface area (Å²) in [6, 6.07) is 20.4. The van der Waals surface area contributed by atoms with E-state index in [4.69, 9.17) is 0 Å². The highest BCUT2D eigenvalue weighted by molar-refractivity contribution is 7.90. The molecule has 8 heteroatoms. The van der Waals surface area contributed by atoms with Gasteiger partial charge in [-0.1, -0.05) is 48.5 Å². The van der Waals surface area contributed by atoms with Crippen molar-refractivity contribution in [2.45, 2.75) is 30.6 Å². The zero-order chi connectivity index (χ0) is 25.3. The maximum atomic E-state index is 13.0. The van der Waals surface area contributed by atoms with Gasteiger partial charge >= 0.3 is 6.03 Å². The fraction of sp³-hybridized carbons (Fsp3) is 0.357. The fourth-order valence-electron chi connectivity index (χ4n) is 5.41. The summed E-state index contributed by atoms with van der Waals surface area (Å²) in [5.74, 6) is 0.0649. The third kappa shape index (κ3) is 5.09. The van der Waals surface area contributed by atoms with Gasteiger partial charge in [-0.2, -0.15) is 0 Å². The van der Waals surface area contributed by atoms with Crippen molar-refractivity contribution in [3.63, 3.8) is 0 Å². The minimum absolute atomic E-state index is 0.0615. The molecular formula is C28H31N3O4S. The Kier molecular flexibility index (Phi) is 6.47. The number of hydrogen-bond acceptors (Lipinski definition) is 4. The van der Waals surface area contributed by atoms with Crippen molar-refractivity contribution < 1.29 is 18.0 Å². The molecular weight excluding hydrogens is 474 g/mol. The zero-order valence-corrected chi connectivity index (χ0v) is 21.3. The molecule has 2 saturated heterocycles. The summed E-state index contributed by atoms with van der Waals surface area (Å²) < 4.78 is 23.3. The van der Waals surface area contributed by atoms with Gasteiger partial charge in [0.1, 0.15) is 0 Å². The summed E-state index contributed by atoms with van der Waals surface area (Å²) in [6.45, 7) is 2.78. The molecule has 1 N–H and O–H groups in total. The third-order valence-corrected chi connectivity index (χ3v) is 8.77. The van der Waals surface area contributed by atoms with Crippen LogP contribution in [0.25, 0.3) is 10.8 Å². The molecule has 0 aromatic heterocycles. The standard InChI is InChI=1S/C28H31N3O4S/c1-36(34,35)23-11-9-21(10-12-23)19-26(32)31-18-15-28(20-31)13-16-30(17-14-28)27(33)29-25-8-4-6-22-5-2-3-7-24(22)25/h2-12H,13-20H2,1H3,(H,29,33). The molecule has 188 valence electrons. The van der Waals surface area contributed by atoms with E-state index in [1.807, 2.05) is 52.3 Å². The highest BCUT2D eigenvalue weighted by Crippen LogP contribution is 2.40. The number of likely N-dealkylation sites (tertiary alicyclic amines) is 2. The minimum Gasteiger partial charge on any atom is -0.342 e. The molecule has 2 heterocycles. The lowest BCUT2D eigenvalue weighted by molar-refractivity contribution is -0.130. The summed E-state index contributed by atoms with van der Waals surface area (Å²) in [5, 5.41) is 5.20. The third-order valence-electron chi connectivity index (χ3n) is 7.64. The smallest absolute Gasteiger partial charge is 0.321 e. The number of amides is 3. The quantitative estimate of drug-likeness (QED) is 0.572. The summed E-state index contributed by atoms with van der Waals surface area (Å²) in [5.41, 5.74) is 1.69. The number of urea groups is 1. The van der Waals surface area contributed by atoms with E-state index < -0.39 is 9.84 Å².